The molecule has 35 heavy (non-hydrogen) atoms. The quantitative estimate of drug-likeness (QED) is 0.445. The molecule has 0 saturated heterocycles. The van der Waals surface area contributed by atoms with Crippen LogP contribution in [0.2, 0.25) is 5.02 Å². The highest BCUT2D eigenvalue weighted by molar-refractivity contribution is 7.13. The largest absolute Gasteiger partial charge is 0.383 e. The number of carbonyl (C=O) groups excluding carboxylic acids is 2. The molecule has 0 unspecified atom stereocenters. The molecule has 1 fully saturated rings. The highest BCUT2D eigenvalue weighted by Gasteiger charge is 2.30. The molecule has 10 heteroatoms. The van der Waals surface area contributed by atoms with Gasteiger partial charge in [0.25, 0.3) is 11.8 Å². The molecule has 2 amide bonds. The first-order valence-electron chi connectivity index (χ1n) is 12.1. The summed E-state index contributed by atoms with van der Waals surface area (Å²) >= 11 is 7.55. The molecule has 186 valence electrons. The fraction of sp³-hybridized carbons (Fsp3) is 0.480. The van der Waals surface area contributed by atoms with Gasteiger partial charge in [-0.2, -0.15) is 0 Å². The Hall–Kier alpha value is -2.46. The molecule has 1 saturated carbocycles. The molecule has 3 aromatic rings. The van der Waals surface area contributed by atoms with Crippen molar-refractivity contribution >= 4 is 45.7 Å². The summed E-state index contributed by atoms with van der Waals surface area (Å²) in [4.78, 5) is 37.4. The Kier molecular flexibility index (Phi) is 7.38. The average molecular weight is 516 g/mol. The van der Waals surface area contributed by atoms with Crippen LogP contribution >= 0.6 is 22.9 Å². The van der Waals surface area contributed by atoms with E-state index in [1.807, 2.05) is 18.2 Å². The van der Waals surface area contributed by atoms with Crippen molar-refractivity contribution in [2.75, 3.05) is 26.8 Å². The first kappa shape index (κ1) is 24.2. The minimum Gasteiger partial charge on any atom is -0.383 e. The number of halogens is 1. The summed E-state index contributed by atoms with van der Waals surface area (Å²) in [5.41, 5.74) is 2.38. The molecule has 2 atom stereocenters. The summed E-state index contributed by atoms with van der Waals surface area (Å²) in [7, 11) is 1.71. The van der Waals surface area contributed by atoms with Crippen LogP contribution in [-0.4, -0.2) is 65.6 Å². The van der Waals surface area contributed by atoms with Crippen LogP contribution in [0.25, 0.3) is 10.9 Å². The Bertz CT molecular complexity index is 1230. The zero-order valence-corrected chi connectivity index (χ0v) is 21.3. The molecule has 1 aromatic carbocycles. The summed E-state index contributed by atoms with van der Waals surface area (Å²) in [5, 5.41) is 8.33. The summed E-state index contributed by atoms with van der Waals surface area (Å²) < 4.78 is 5.19. The van der Waals surface area contributed by atoms with Gasteiger partial charge in [0.15, 0.2) is 5.01 Å². The molecule has 2 aliphatic rings. The number of hydrogen-bond acceptors (Lipinski definition) is 6. The topological polar surface area (TPSA) is 99.3 Å². The van der Waals surface area contributed by atoms with E-state index in [1.54, 1.807) is 13.2 Å². The zero-order valence-electron chi connectivity index (χ0n) is 19.7. The number of thiazole rings is 1. The van der Waals surface area contributed by atoms with E-state index in [0.29, 0.717) is 22.3 Å². The molecule has 0 radical (unpaired) electrons. The van der Waals surface area contributed by atoms with Crippen LogP contribution in [0, 0.1) is 0 Å². The molecule has 3 heterocycles. The normalized spacial score (nSPS) is 20.5. The number of ether oxygens (including phenoxy) is 1. The van der Waals surface area contributed by atoms with E-state index < -0.39 is 0 Å². The number of nitrogens with zero attached hydrogens (tertiary/aromatic N) is 2. The summed E-state index contributed by atoms with van der Waals surface area (Å²) in [6.07, 6.45) is 4.54. The van der Waals surface area contributed by atoms with Crippen LogP contribution in [0.15, 0.2) is 24.3 Å². The van der Waals surface area contributed by atoms with Crippen molar-refractivity contribution in [3.63, 3.8) is 0 Å². The number of benzene rings is 1. The fourth-order valence-electron chi connectivity index (χ4n) is 4.94. The molecule has 3 N–H and O–H groups in total. The van der Waals surface area contributed by atoms with E-state index in [1.165, 1.54) is 11.3 Å². The van der Waals surface area contributed by atoms with Crippen LogP contribution in [-0.2, 0) is 17.7 Å². The minimum atomic E-state index is -0.177. The Labute approximate surface area is 213 Å². The van der Waals surface area contributed by atoms with Crippen molar-refractivity contribution in [3.05, 3.63) is 50.6 Å². The van der Waals surface area contributed by atoms with Gasteiger partial charge in [0, 0.05) is 66.1 Å². The first-order chi connectivity index (χ1) is 17.0. The zero-order chi connectivity index (χ0) is 24.4. The Balaban J connectivity index is 1.23. The lowest BCUT2D eigenvalue weighted by atomic mass is 9.90. The van der Waals surface area contributed by atoms with Crippen LogP contribution in [0.5, 0.6) is 0 Å². The lowest BCUT2D eigenvalue weighted by molar-refractivity contribution is 0.0860. The van der Waals surface area contributed by atoms with E-state index in [-0.39, 0.29) is 23.9 Å². The maximum Gasteiger partial charge on any atom is 0.280 e. The van der Waals surface area contributed by atoms with Crippen molar-refractivity contribution in [1.29, 1.82) is 0 Å². The van der Waals surface area contributed by atoms with Gasteiger partial charge in [0.2, 0.25) is 0 Å². The van der Waals surface area contributed by atoms with E-state index in [0.717, 1.165) is 73.2 Å². The van der Waals surface area contributed by atoms with Crippen molar-refractivity contribution < 1.29 is 14.3 Å². The number of fused-ring (bicyclic) bond motifs is 2. The van der Waals surface area contributed by atoms with E-state index in [9.17, 15) is 9.59 Å². The van der Waals surface area contributed by atoms with Gasteiger partial charge in [0.1, 0.15) is 5.69 Å². The number of aromatic nitrogens is 2. The molecule has 1 aliphatic heterocycles. The fourth-order valence-corrected chi connectivity index (χ4v) is 6.17. The molecule has 2 aromatic heterocycles. The summed E-state index contributed by atoms with van der Waals surface area (Å²) in [5.74, 6) is -0.330. The van der Waals surface area contributed by atoms with Gasteiger partial charge in [-0.3, -0.25) is 14.5 Å². The van der Waals surface area contributed by atoms with Crippen LogP contribution < -0.4 is 10.6 Å². The molecule has 0 bridgehead atoms. The van der Waals surface area contributed by atoms with Crippen LogP contribution in [0.3, 0.4) is 0 Å². The average Bonchev–Trinajstić information content (AvgIpc) is 3.47. The predicted molar refractivity (Wildman–Crippen MR) is 137 cm³/mol. The number of amides is 2. The van der Waals surface area contributed by atoms with Gasteiger partial charge in [0.05, 0.1) is 12.3 Å². The number of methoxy groups -OCH3 is 1. The van der Waals surface area contributed by atoms with Crippen molar-refractivity contribution in [2.45, 2.75) is 50.7 Å². The summed E-state index contributed by atoms with van der Waals surface area (Å²) in [6.45, 7) is 3.31. The molecule has 8 nitrogen and oxygen atoms in total. The molecule has 0 spiro atoms. The monoisotopic (exact) mass is 515 g/mol. The highest BCUT2D eigenvalue weighted by atomic mass is 35.5. The van der Waals surface area contributed by atoms with Crippen molar-refractivity contribution in [2.24, 2.45) is 0 Å². The number of nitrogens with one attached hydrogen (secondary N) is 3. The number of hydrogen-bond donors (Lipinski definition) is 3. The SMILES string of the molecule is COCCN1CCc2nc(C(=O)N[C@H]3CCCC[C@H]3NC(=O)c3cc4cc(Cl)ccc4[nH]3)sc2C1. The molecular weight excluding hydrogens is 486 g/mol. The standard InChI is InChI=1S/C25H30ClN5O3S/c1-34-11-10-31-9-8-20-22(14-31)35-25(30-20)24(33)29-19-5-3-2-4-18(19)28-23(32)21-13-15-12-16(26)6-7-17(15)27-21/h6-7,12-13,18-19,27H,2-5,8-11,14H2,1H3,(H,28,32)(H,29,33)/t18-,19+/m1/s1. The highest BCUT2D eigenvalue weighted by Crippen LogP contribution is 2.26. The number of carbonyl (C=O) groups is 2. The van der Waals surface area contributed by atoms with Crippen molar-refractivity contribution in [3.8, 4) is 0 Å². The Morgan fingerprint density at radius 2 is 1.97 bits per heavy atom. The molecule has 1 aliphatic carbocycles. The van der Waals surface area contributed by atoms with E-state index >= 15 is 0 Å². The second-order valence-corrected chi connectivity index (χ2v) is 10.8. The maximum atomic E-state index is 13.1. The van der Waals surface area contributed by atoms with Gasteiger partial charge in [-0.25, -0.2) is 4.98 Å². The number of H-pyrrole nitrogens is 1. The first-order valence-corrected chi connectivity index (χ1v) is 13.3. The van der Waals surface area contributed by atoms with Crippen LogP contribution in [0.4, 0.5) is 0 Å². The number of rotatable bonds is 7. The second kappa shape index (κ2) is 10.7. The maximum absolute atomic E-state index is 13.1. The van der Waals surface area contributed by atoms with Gasteiger partial charge in [-0.1, -0.05) is 24.4 Å². The third kappa shape index (κ3) is 5.53. The third-order valence-electron chi connectivity index (χ3n) is 6.84. The molecular formula is C25H30ClN5O3S. The predicted octanol–water partition coefficient (Wildman–Crippen LogP) is 3.75. The molecule has 5 rings (SSSR count). The van der Waals surface area contributed by atoms with Gasteiger partial charge >= 0.3 is 0 Å². The van der Waals surface area contributed by atoms with Crippen LogP contribution in [0.1, 0.15) is 56.5 Å². The van der Waals surface area contributed by atoms with Gasteiger partial charge in [-0.05, 0) is 37.1 Å². The van der Waals surface area contributed by atoms with E-state index in [2.05, 4.69) is 25.5 Å². The number of aromatic amines is 1. The second-order valence-electron chi connectivity index (χ2n) is 9.27. The minimum absolute atomic E-state index is 0.127. The Morgan fingerprint density at radius 1 is 1.20 bits per heavy atom. The third-order valence-corrected chi connectivity index (χ3v) is 8.16. The van der Waals surface area contributed by atoms with Gasteiger partial charge < -0.3 is 20.4 Å². The Morgan fingerprint density at radius 3 is 2.74 bits per heavy atom. The van der Waals surface area contributed by atoms with Crippen molar-refractivity contribution in [1.82, 2.24) is 25.5 Å². The lowest BCUT2D eigenvalue weighted by Crippen LogP contribution is -2.53. The lowest BCUT2D eigenvalue weighted by Gasteiger charge is -2.32. The smallest absolute Gasteiger partial charge is 0.280 e. The summed E-state index contributed by atoms with van der Waals surface area (Å²) in [6, 6.07) is 7.04. The van der Waals surface area contributed by atoms with Gasteiger partial charge in [-0.15, -0.1) is 11.3 Å². The van der Waals surface area contributed by atoms with E-state index in [4.69, 9.17) is 16.3 Å².